The van der Waals surface area contributed by atoms with E-state index in [0.29, 0.717) is 5.92 Å². The van der Waals surface area contributed by atoms with E-state index in [-0.39, 0.29) is 0 Å². The smallest absolute Gasteiger partial charge is 0.0276 e. The van der Waals surface area contributed by atoms with E-state index in [1.165, 1.54) is 0 Å². The molecule has 0 saturated carbocycles. The van der Waals surface area contributed by atoms with Gasteiger partial charge >= 0.3 is 0 Å². The summed E-state index contributed by atoms with van der Waals surface area (Å²) in [6, 6.07) is 0. The summed E-state index contributed by atoms with van der Waals surface area (Å²) in [5.74, 6) is 0.454. The minimum atomic E-state index is 0.454. The van der Waals surface area contributed by atoms with Crippen LogP contribution >= 0.6 is 0 Å². The van der Waals surface area contributed by atoms with Gasteiger partial charge in [-0.1, -0.05) is 18.2 Å². The van der Waals surface area contributed by atoms with Crippen molar-refractivity contribution >= 4 is 0 Å². The number of rotatable bonds is 1. The predicted octanol–water partition coefficient (Wildman–Crippen LogP) is 1.59. The van der Waals surface area contributed by atoms with Crippen LogP contribution in [0, 0.1) is 5.92 Å². The second-order valence-corrected chi connectivity index (χ2v) is 2.20. The summed E-state index contributed by atoms with van der Waals surface area (Å²) in [6.45, 7) is 3.68. The van der Waals surface area contributed by atoms with Crippen LogP contribution in [0.15, 0.2) is 36.6 Å². The monoisotopic (exact) mass is 121 g/mol. The van der Waals surface area contributed by atoms with Crippen molar-refractivity contribution in [3.63, 3.8) is 0 Å². The molecule has 48 valence electrons. The van der Waals surface area contributed by atoms with Gasteiger partial charge < -0.3 is 5.73 Å². The summed E-state index contributed by atoms with van der Waals surface area (Å²) in [5, 5.41) is 0. The summed E-state index contributed by atoms with van der Waals surface area (Å²) in [6.07, 6.45) is 8.98. The lowest BCUT2D eigenvalue weighted by atomic mass is 10.00. The van der Waals surface area contributed by atoms with Gasteiger partial charge in [0.2, 0.25) is 0 Å². The van der Waals surface area contributed by atoms with E-state index >= 15 is 0 Å². The Kier molecular flexibility index (Phi) is 1.73. The van der Waals surface area contributed by atoms with Crippen LogP contribution in [0.25, 0.3) is 0 Å². The van der Waals surface area contributed by atoms with Crippen LogP contribution in [0.5, 0.6) is 0 Å². The summed E-state index contributed by atoms with van der Waals surface area (Å²) >= 11 is 0. The molecule has 1 nitrogen and oxygen atoms in total. The molecule has 0 aromatic carbocycles. The zero-order valence-electron chi connectivity index (χ0n) is 5.38. The van der Waals surface area contributed by atoms with E-state index in [1.54, 1.807) is 0 Å². The molecule has 1 unspecified atom stereocenters. The normalized spacial score (nSPS) is 25.3. The molecule has 0 aromatic heterocycles. The second kappa shape index (κ2) is 2.53. The van der Waals surface area contributed by atoms with Gasteiger partial charge in [-0.2, -0.15) is 0 Å². The van der Waals surface area contributed by atoms with Crippen LogP contribution in [0.3, 0.4) is 0 Å². The molecular weight excluding hydrogens is 110 g/mol. The predicted molar refractivity (Wildman–Crippen MR) is 39.7 cm³/mol. The van der Waals surface area contributed by atoms with Gasteiger partial charge in [0.15, 0.2) is 0 Å². The molecule has 1 aliphatic rings. The van der Waals surface area contributed by atoms with Crippen LogP contribution in [-0.4, -0.2) is 0 Å². The van der Waals surface area contributed by atoms with Gasteiger partial charge in [-0.05, 0) is 12.5 Å². The highest BCUT2D eigenvalue weighted by Crippen LogP contribution is 2.13. The van der Waals surface area contributed by atoms with E-state index in [4.69, 9.17) is 5.73 Å². The standard InChI is InChI=1S/C8H11N/c1-2-7-4-3-5-8(9)6-7/h2-3,5-7H,1,4,9H2. The lowest BCUT2D eigenvalue weighted by Gasteiger charge is -2.08. The molecule has 0 saturated heterocycles. The highest BCUT2D eigenvalue weighted by Gasteiger charge is 2.01. The first kappa shape index (κ1) is 6.14. The SMILES string of the molecule is C=CC1C=C(N)C=CC1. The zero-order valence-corrected chi connectivity index (χ0v) is 5.38. The molecule has 0 heterocycles. The van der Waals surface area contributed by atoms with Gasteiger partial charge in [0.05, 0.1) is 0 Å². The van der Waals surface area contributed by atoms with Gasteiger partial charge in [0.25, 0.3) is 0 Å². The maximum absolute atomic E-state index is 5.53. The molecule has 2 N–H and O–H groups in total. The van der Waals surface area contributed by atoms with Crippen molar-refractivity contribution in [2.45, 2.75) is 6.42 Å². The fraction of sp³-hybridized carbons (Fsp3) is 0.250. The molecule has 0 radical (unpaired) electrons. The number of hydrogen-bond acceptors (Lipinski definition) is 1. The van der Waals surface area contributed by atoms with Crippen LogP contribution in [0.1, 0.15) is 6.42 Å². The molecule has 0 bridgehead atoms. The number of hydrogen-bond donors (Lipinski definition) is 1. The molecule has 1 aliphatic carbocycles. The van der Waals surface area contributed by atoms with E-state index < -0.39 is 0 Å². The van der Waals surface area contributed by atoms with Crippen LogP contribution in [0.4, 0.5) is 0 Å². The Morgan fingerprint density at radius 1 is 1.78 bits per heavy atom. The van der Waals surface area contributed by atoms with E-state index in [2.05, 4.69) is 12.7 Å². The Labute approximate surface area is 55.6 Å². The van der Waals surface area contributed by atoms with Crippen molar-refractivity contribution in [3.05, 3.63) is 36.6 Å². The summed E-state index contributed by atoms with van der Waals surface area (Å²) in [7, 11) is 0. The molecule has 0 aromatic rings. The van der Waals surface area contributed by atoms with Gasteiger partial charge in [-0.3, -0.25) is 0 Å². The van der Waals surface area contributed by atoms with Crippen molar-refractivity contribution in [2.24, 2.45) is 11.7 Å². The molecule has 0 fully saturated rings. The van der Waals surface area contributed by atoms with Crippen molar-refractivity contribution in [1.29, 1.82) is 0 Å². The molecule has 1 atom stereocenters. The van der Waals surface area contributed by atoms with Crippen molar-refractivity contribution in [1.82, 2.24) is 0 Å². The first-order chi connectivity index (χ1) is 4.33. The maximum Gasteiger partial charge on any atom is 0.0276 e. The minimum Gasteiger partial charge on any atom is -0.399 e. The van der Waals surface area contributed by atoms with Crippen LogP contribution < -0.4 is 5.73 Å². The van der Waals surface area contributed by atoms with Gasteiger partial charge in [-0.25, -0.2) is 0 Å². The Bertz CT molecular complexity index is 165. The molecule has 0 spiro atoms. The second-order valence-electron chi connectivity index (χ2n) is 2.20. The topological polar surface area (TPSA) is 26.0 Å². The lowest BCUT2D eigenvalue weighted by Crippen LogP contribution is -2.02. The van der Waals surface area contributed by atoms with E-state index in [0.717, 1.165) is 12.1 Å². The average molecular weight is 121 g/mol. The highest BCUT2D eigenvalue weighted by atomic mass is 14.6. The lowest BCUT2D eigenvalue weighted by molar-refractivity contribution is 0.812. The molecule has 1 heteroatoms. The van der Waals surface area contributed by atoms with Crippen molar-refractivity contribution in [2.75, 3.05) is 0 Å². The summed E-state index contributed by atoms with van der Waals surface area (Å²) < 4.78 is 0. The van der Waals surface area contributed by atoms with Gasteiger partial charge in [0, 0.05) is 11.6 Å². The highest BCUT2D eigenvalue weighted by molar-refractivity contribution is 5.22. The Morgan fingerprint density at radius 2 is 2.56 bits per heavy atom. The first-order valence-corrected chi connectivity index (χ1v) is 3.09. The fourth-order valence-electron chi connectivity index (χ4n) is 0.896. The fourth-order valence-corrected chi connectivity index (χ4v) is 0.896. The largest absolute Gasteiger partial charge is 0.399 e. The first-order valence-electron chi connectivity index (χ1n) is 3.09. The van der Waals surface area contributed by atoms with E-state index in [1.807, 2.05) is 18.2 Å². The number of allylic oxidation sites excluding steroid dienone is 4. The maximum atomic E-state index is 5.53. The van der Waals surface area contributed by atoms with Gasteiger partial charge in [-0.15, -0.1) is 6.58 Å². The molecule has 1 rings (SSSR count). The Hall–Kier alpha value is -0.980. The molecule has 0 amide bonds. The van der Waals surface area contributed by atoms with Crippen molar-refractivity contribution < 1.29 is 0 Å². The third-order valence-electron chi connectivity index (χ3n) is 1.43. The quantitative estimate of drug-likeness (QED) is 0.524. The zero-order chi connectivity index (χ0) is 6.69. The van der Waals surface area contributed by atoms with E-state index in [9.17, 15) is 0 Å². The summed E-state index contributed by atoms with van der Waals surface area (Å²) in [4.78, 5) is 0. The van der Waals surface area contributed by atoms with Crippen LogP contribution in [0.2, 0.25) is 0 Å². The Balaban J connectivity index is 2.65. The van der Waals surface area contributed by atoms with Gasteiger partial charge in [0.1, 0.15) is 0 Å². The third-order valence-corrected chi connectivity index (χ3v) is 1.43. The number of nitrogens with two attached hydrogens (primary N) is 1. The summed E-state index contributed by atoms with van der Waals surface area (Å²) in [5.41, 5.74) is 6.38. The molecule has 0 aliphatic heterocycles. The Morgan fingerprint density at radius 3 is 3.00 bits per heavy atom. The molecular formula is C8H11N. The molecule has 9 heavy (non-hydrogen) atoms. The average Bonchev–Trinajstić information content (AvgIpc) is 1.88. The van der Waals surface area contributed by atoms with Crippen LogP contribution in [-0.2, 0) is 0 Å². The third kappa shape index (κ3) is 1.46. The minimum absolute atomic E-state index is 0.454. The van der Waals surface area contributed by atoms with Crippen molar-refractivity contribution in [3.8, 4) is 0 Å².